The van der Waals surface area contributed by atoms with Gasteiger partial charge in [0, 0.05) is 17.8 Å². The Morgan fingerprint density at radius 1 is 1.00 bits per heavy atom. The largest absolute Gasteiger partial charge is 0.322 e. The Bertz CT molecular complexity index is 834. The van der Waals surface area contributed by atoms with E-state index in [0.29, 0.717) is 5.69 Å². The van der Waals surface area contributed by atoms with Gasteiger partial charge in [-0.25, -0.2) is 0 Å². The Kier molecular flexibility index (Phi) is 5.01. The first kappa shape index (κ1) is 17.6. The van der Waals surface area contributed by atoms with E-state index in [2.05, 4.69) is 5.32 Å². The minimum Gasteiger partial charge on any atom is -0.322 e. The van der Waals surface area contributed by atoms with E-state index in [4.69, 9.17) is 23.2 Å². The zero-order valence-corrected chi connectivity index (χ0v) is 13.6. The van der Waals surface area contributed by atoms with Gasteiger partial charge in [-0.1, -0.05) is 23.2 Å². The Morgan fingerprint density at radius 3 is 2.00 bits per heavy atom. The van der Waals surface area contributed by atoms with Crippen LogP contribution in [0.4, 0.5) is 17.1 Å². The van der Waals surface area contributed by atoms with Gasteiger partial charge >= 0.3 is 0 Å². The molecule has 0 heterocycles. The molecular weight excluding hydrogens is 361 g/mol. The number of benzene rings is 2. The molecule has 0 aliphatic heterocycles. The number of nitro benzene ring substituents is 2. The van der Waals surface area contributed by atoms with Crippen molar-refractivity contribution in [2.24, 2.45) is 0 Å². The van der Waals surface area contributed by atoms with Gasteiger partial charge in [0.05, 0.1) is 25.5 Å². The van der Waals surface area contributed by atoms with Gasteiger partial charge in [-0.05, 0) is 25.1 Å². The minimum atomic E-state index is -0.779. The van der Waals surface area contributed by atoms with Crippen LogP contribution in [0, 0.1) is 27.2 Å². The fourth-order valence-electron chi connectivity index (χ4n) is 1.97. The standard InChI is InChI=1S/C14H9Cl2N3O5/c1-7-12(18(21)22)4-8(5-13(7)19(23)24)14(20)17-9-2-3-10(15)11(16)6-9/h2-6H,1H3,(H,17,20). The van der Waals surface area contributed by atoms with E-state index in [0.717, 1.165) is 12.1 Å². The highest BCUT2D eigenvalue weighted by atomic mass is 35.5. The number of rotatable bonds is 4. The number of amides is 1. The SMILES string of the molecule is Cc1c([N+](=O)[O-])cc(C(=O)Nc2ccc(Cl)c(Cl)c2)cc1[N+](=O)[O-]. The van der Waals surface area contributed by atoms with Crippen molar-refractivity contribution in [2.75, 3.05) is 5.32 Å². The van der Waals surface area contributed by atoms with E-state index in [-0.39, 0.29) is 21.2 Å². The number of hydrogen-bond donors (Lipinski definition) is 1. The summed E-state index contributed by atoms with van der Waals surface area (Å²) in [6.45, 7) is 1.25. The molecule has 0 unspecified atom stereocenters. The van der Waals surface area contributed by atoms with Gasteiger partial charge in [0.15, 0.2) is 0 Å². The highest BCUT2D eigenvalue weighted by Crippen LogP contribution is 2.30. The highest BCUT2D eigenvalue weighted by molar-refractivity contribution is 6.42. The monoisotopic (exact) mass is 369 g/mol. The van der Waals surface area contributed by atoms with Crippen LogP contribution in [0.2, 0.25) is 10.0 Å². The smallest absolute Gasteiger partial charge is 0.279 e. The number of halogens is 2. The lowest BCUT2D eigenvalue weighted by molar-refractivity contribution is -0.395. The summed E-state index contributed by atoms with van der Waals surface area (Å²) in [5.74, 6) is -0.750. The maximum Gasteiger partial charge on any atom is 0.279 e. The fraction of sp³-hybridized carbons (Fsp3) is 0.0714. The third-order valence-electron chi connectivity index (χ3n) is 3.19. The number of nitro groups is 2. The molecule has 24 heavy (non-hydrogen) atoms. The molecule has 0 atom stereocenters. The third-order valence-corrected chi connectivity index (χ3v) is 3.92. The van der Waals surface area contributed by atoms with Crippen molar-refractivity contribution in [3.05, 3.63) is 71.7 Å². The highest BCUT2D eigenvalue weighted by Gasteiger charge is 2.25. The van der Waals surface area contributed by atoms with E-state index in [9.17, 15) is 25.0 Å². The van der Waals surface area contributed by atoms with E-state index in [1.54, 1.807) is 0 Å². The molecule has 0 aliphatic carbocycles. The van der Waals surface area contributed by atoms with Crippen molar-refractivity contribution in [3.8, 4) is 0 Å². The molecule has 8 nitrogen and oxygen atoms in total. The Labute approximate surface area is 145 Å². The van der Waals surface area contributed by atoms with Crippen molar-refractivity contribution in [1.29, 1.82) is 0 Å². The molecule has 0 fully saturated rings. The third kappa shape index (κ3) is 3.61. The summed E-state index contributed by atoms with van der Waals surface area (Å²) in [6.07, 6.45) is 0. The fourth-order valence-corrected chi connectivity index (χ4v) is 2.27. The van der Waals surface area contributed by atoms with Crippen LogP contribution >= 0.6 is 23.2 Å². The first-order valence-electron chi connectivity index (χ1n) is 6.40. The topological polar surface area (TPSA) is 115 Å². The lowest BCUT2D eigenvalue weighted by Gasteiger charge is -2.07. The van der Waals surface area contributed by atoms with Gasteiger partial charge in [0.1, 0.15) is 5.56 Å². The summed E-state index contributed by atoms with van der Waals surface area (Å²) in [4.78, 5) is 32.7. The molecule has 0 aromatic heterocycles. The quantitative estimate of drug-likeness (QED) is 0.634. The van der Waals surface area contributed by atoms with Gasteiger partial charge in [-0.2, -0.15) is 0 Å². The van der Waals surface area contributed by atoms with Crippen LogP contribution < -0.4 is 5.32 Å². The van der Waals surface area contributed by atoms with E-state index in [1.165, 1.54) is 25.1 Å². The summed E-state index contributed by atoms with van der Waals surface area (Å²) in [6, 6.07) is 6.28. The average Bonchev–Trinajstić information content (AvgIpc) is 2.50. The van der Waals surface area contributed by atoms with Gasteiger partial charge < -0.3 is 5.32 Å². The number of hydrogen-bond acceptors (Lipinski definition) is 5. The molecule has 0 bridgehead atoms. The van der Waals surface area contributed by atoms with Crippen LogP contribution in [-0.4, -0.2) is 15.8 Å². The molecule has 2 aromatic carbocycles. The second kappa shape index (κ2) is 6.81. The number of carbonyl (C=O) groups excluding carboxylic acids is 1. The Balaban J connectivity index is 2.43. The molecule has 10 heteroatoms. The Morgan fingerprint density at radius 2 is 1.54 bits per heavy atom. The van der Waals surface area contributed by atoms with Gasteiger partial charge in [0.25, 0.3) is 17.3 Å². The molecule has 1 amide bonds. The molecule has 2 rings (SSSR count). The van der Waals surface area contributed by atoms with E-state index < -0.39 is 27.1 Å². The maximum absolute atomic E-state index is 12.2. The summed E-state index contributed by atoms with van der Waals surface area (Å²) >= 11 is 11.6. The van der Waals surface area contributed by atoms with Crippen molar-refractivity contribution in [2.45, 2.75) is 6.92 Å². The lowest BCUT2D eigenvalue weighted by atomic mass is 10.1. The second-order valence-electron chi connectivity index (χ2n) is 4.74. The summed E-state index contributed by atoms with van der Waals surface area (Å²) < 4.78 is 0. The summed E-state index contributed by atoms with van der Waals surface area (Å²) in [7, 11) is 0. The molecule has 2 aromatic rings. The molecular formula is C14H9Cl2N3O5. The maximum atomic E-state index is 12.2. The second-order valence-corrected chi connectivity index (χ2v) is 5.55. The zero-order valence-electron chi connectivity index (χ0n) is 12.1. The molecule has 124 valence electrons. The minimum absolute atomic E-state index is 0.129. The predicted octanol–water partition coefficient (Wildman–Crippen LogP) is 4.37. The van der Waals surface area contributed by atoms with Crippen molar-refractivity contribution < 1.29 is 14.6 Å². The molecule has 0 saturated heterocycles. The lowest BCUT2D eigenvalue weighted by Crippen LogP contribution is -2.13. The first-order valence-corrected chi connectivity index (χ1v) is 7.16. The van der Waals surface area contributed by atoms with Gasteiger partial charge in [-0.3, -0.25) is 25.0 Å². The van der Waals surface area contributed by atoms with Gasteiger partial charge in [-0.15, -0.1) is 0 Å². The predicted molar refractivity (Wildman–Crippen MR) is 88.9 cm³/mol. The molecule has 1 N–H and O–H groups in total. The van der Waals surface area contributed by atoms with E-state index in [1.807, 2.05) is 0 Å². The van der Waals surface area contributed by atoms with Crippen molar-refractivity contribution in [1.82, 2.24) is 0 Å². The molecule has 0 aliphatic rings. The normalized spacial score (nSPS) is 10.3. The number of anilines is 1. The number of nitrogens with zero attached hydrogens (tertiary/aromatic N) is 2. The van der Waals surface area contributed by atoms with Crippen molar-refractivity contribution >= 4 is 46.2 Å². The number of carbonyl (C=O) groups is 1. The van der Waals surface area contributed by atoms with Crippen LogP contribution in [0.25, 0.3) is 0 Å². The van der Waals surface area contributed by atoms with E-state index >= 15 is 0 Å². The van der Waals surface area contributed by atoms with Crippen LogP contribution in [0.5, 0.6) is 0 Å². The summed E-state index contributed by atoms with van der Waals surface area (Å²) in [5.41, 5.74) is -1.08. The van der Waals surface area contributed by atoms with Crippen LogP contribution in [0.1, 0.15) is 15.9 Å². The number of nitrogens with one attached hydrogen (secondary N) is 1. The molecule has 0 radical (unpaired) electrons. The summed E-state index contributed by atoms with van der Waals surface area (Å²) in [5, 5.41) is 25.0. The Hall–Kier alpha value is -2.71. The molecule has 0 spiro atoms. The van der Waals surface area contributed by atoms with Crippen LogP contribution in [-0.2, 0) is 0 Å². The average molecular weight is 370 g/mol. The van der Waals surface area contributed by atoms with Crippen LogP contribution in [0.3, 0.4) is 0 Å². The molecule has 0 saturated carbocycles. The van der Waals surface area contributed by atoms with Crippen LogP contribution in [0.15, 0.2) is 30.3 Å². The van der Waals surface area contributed by atoms with Crippen molar-refractivity contribution in [3.63, 3.8) is 0 Å². The first-order chi connectivity index (χ1) is 11.2. The zero-order chi connectivity index (χ0) is 18.0. The van der Waals surface area contributed by atoms with Gasteiger partial charge in [0.2, 0.25) is 0 Å².